The van der Waals surface area contributed by atoms with Crippen LogP contribution in [0.15, 0.2) is 60.7 Å². The van der Waals surface area contributed by atoms with Crippen LogP contribution in [0.4, 0.5) is 0 Å². The smallest absolute Gasteiger partial charge is 0.0601 e. The summed E-state index contributed by atoms with van der Waals surface area (Å²) in [6, 6.07) is 22.4. The van der Waals surface area contributed by atoms with Crippen LogP contribution in [-0.2, 0) is 0 Å². The van der Waals surface area contributed by atoms with Crippen molar-refractivity contribution in [3.8, 4) is 0 Å². The molecule has 1 radical (unpaired) electrons. The Morgan fingerprint density at radius 2 is 1.36 bits per heavy atom. The quantitative estimate of drug-likeness (QED) is 0.514. The summed E-state index contributed by atoms with van der Waals surface area (Å²) in [7, 11) is 0. The molecule has 0 bridgehead atoms. The molecule has 1 aliphatic rings. The summed E-state index contributed by atoms with van der Waals surface area (Å²) >= 11 is 0. The van der Waals surface area contributed by atoms with E-state index in [0.29, 0.717) is 6.04 Å². The molecule has 0 amide bonds. The standard InChI is InChI=1S/C24H32N/c1-2-3-4-7-12-21-17-19-25(20-18-21)24(22-13-8-5-9-14-22)23-15-10-6-11-16-23/h5-6,8-11,13-16,21,24H,1-4,7,12,17-20H2. The lowest BCUT2D eigenvalue weighted by molar-refractivity contribution is 0.145. The molecule has 2 aromatic rings. The largest absolute Gasteiger partial charge is 0.292 e. The lowest BCUT2D eigenvalue weighted by Crippen LogP contribution is -2.37. The first-order valence-corrected chi connectivity index (χ1v) is 10.0. The normalized spacial score (nSPS) is 16.4. The van der Waals surface area contributed by atoms with Crippen molar-refractivity contribution in [2.24, 2.45) is 5.92 Å². The van der Waals surface area contributed by atoms with Crippen molar-refractivity contribution < 1.29 is 0 Å². The molecule has 0 N–H and O–H groups in total. The highest BCUT2D eigenvalue weighted by Crippen LogP contribution is 2.33. The van der Waals surface area contributed by atoms with Crippen molar-refractivity contribution in [3.63, 3.8) is 0 Å². The average Bonchev–Trinajstić information content (AvgIpc) is 2.68. The second kappa shape index (κ2) is 9.77. The number of nitrogens with zero attached hydrogens (tertiary/aromatic N) is 1. The van der Waals surface area contributed by atoms with E-state index in [2.05, 4.69) is 72.5 Å². The summed E-state index contributed by atoms with van der Waals surface area (Å²) in [5.74, 6) is 0.924. The Bertz CT molecular complexity index is 545. The fourth-order valence-electron chi connectivity index (χ4n) is 4.17. The van der Waals surface area contributed by atoms with Crippen LogP contribution < -0.4 is 0 Å². The summed E-state index contributed by atoms with van der Waals surface area (Å²) in [6.45, 7) is 6.38. The molecule has 133 valence electrons. The van der Waals surface area contributed by atoms with Gasteiger partial charge in [0, 0.05) is 0 Å². The minimum absolute atomic E-state index is 0.398. The van der Waals surface area contributed by atoms with E-state index < -0.39 is 0 Å². The third kappa shape index (κ3) is 5.19. The predicted octanol–water partition coefficient (Wildman–Crippen LogP) is 6.27. The van der Waals surface area contributed by atoms with E-state index in [1.807, 2.05) is 0 Å². The number of hydrogen-bond acceptors (Lipinski definition) is 1. The molecule has 3 rings (SSSR count). The highest BCUT2D eigenvalue weighted by atomic mass is 15.2. The molecule has 0 spiro atoms. The molecule has 25 heavy (non-hydrogen) atoms. The van der Waals surface area contributed by atoms with Gasteiger partial charge >= 0.3 is 0 Å². The second-order valence-electron chi connectivity index (χ2n) is 7.41. The Balaban J connectivity index is 1.63. The number of hydrogen-bond donors (Lipinski definition) is 0. The molecule has 0 aromatic heterocycles. The maximum Gasteiger partial charge on any atom is 0.0601 e. The summed E-state index contributed by atoms with van der Waals surface area (Å²) < 4.78 is 0. The van der Waals surface area contributed by atoms with E-state index in [4.69, 9.17) is 0 Å². The lowest BCUT2D eigenvalue weighted by Gasteiger charge is -2.38. The topological polar surface area (TPSA) is 3.24 Å². The highest BCUT2D eigenvalue weighted by Gasteiger charge is 2.26. The van der Waals surface area contributed by atoms with Gasteiger partial charge in [-0.3, -0.25) is 4.90 Å². The minimum atomic E-state index is 0.398. The van der Waals surface area contributed by atoms with Crippen LogP contribution in [0.5, 0.6) is 0 Å². The van der Waals surface area contributed by atoms with Gasteiger partial charge in [0.25, 0.3) is 0 Å². The van der Waals surface area contributed by atoms with Gasteiger partial charge in [-0.25, -0.2) is 0 Å². The Morgan fingerprint density at radius 3 is 1.88 bits per heavy atom. The molecule has 0 unspecified atom stereocenters. The SMILES string of the molecule is [CH2]CCCCCC1CCN(C(c2ccccc2)c2ccccc2)CC1. The van der Waals surface area contributed by atoms with E-state index in [-0.39, 0.29) is 0 Å². The van der Waals surface area contributed by atoms with Crippen LogP contribution >= 0.6 is 0 Å². The summed E-state index contributed by atoms with van der Waals surface area (Å²) in [6.07, 6.45) is 9.24. The van der Waals surface area contributed by atoms with Gasteiger partial charge in [-0.05, 0) is 43.0 Å². The summed E-state index contributed by atoms with van der Waals surface area (Å²) in [5.41, 5.74) is 2.84. The lowest BCUT2D eigenvalue weighted by atomic mass is 9.88. The fraction of sp³-hybridized carbons (Fsp3) is 0.458. The Labute approximate surface area is 154 Å². The zero-order valence-electron chi connectivity index (χ0n) is 15.4. The summed E-state index contributed by atoms with van der Waals surface area (Å²) in [4.78, 5) is 2.69. The molecule has 1 heterocycles. The van der Waals surface area contributed by atoms with Crippen LogP contribution in [0, 0.1) is 12.8 Å². The molecule has 0 saturated carbocycles. The zero-order chi connectivity index (χ0) is 17.3. The van der Waals surface area contributed by atoms with Gasteiger partial charge in [-0.2, -0.15) is 0 Å². The van der Waals surface area contributed by atoms with Gasteiger partial charge in [-0.1, -0.05) is 99.7 Å². The van der Waals surface area contributed by atoms with Crippen molar-refractivity contribution >= 4 is 0 Å². The highest BCUT2D eigenvalue weighted by molar-refractivity contribution is 5.31. The predicted molar refractivity (Wildman–Crippen MR) is 107 cm³/mol. The maximum atomic E-state index is 3.95. The first kappa shape index (κ1) is 18.2. The molecule has 1 nitrogen and oxygen atoms in total. The number of benzene rings is 2. The minimum Gasteiger partial charge on any atom is -0.292 e. The van der Waals surface area contributed by atoms with Crippen molar-refractivity contribution in [2.75, 3.05) is 13.1 Å². The van der Waals surface area contributed by atoms with E-state index in [9.17, 15) is 0 Å². The van der Waals surface area contributed by atoms with Crippen LogP contribution in [0.1, 0.15) is 62.1 Å². The number of piperidine rings is 1. The van der Waals surface area contributed by atoms with Crippen molar-refractivity contribution in [3.05, 3.63) is 78.7 Å². The first-order chi connectivity index (χ1) is 12.4. The van der Waals surface area contributed by atoms with E-state index in [0.717, 1.165) is 12.3 Å². The van der Waals surface area contributed by atoms with Crippen molar-refractivity contribution in [1.29, 1.82) is 0 Å². The van der Waals surface area contributed by atoms with Gasteiger partial charge in [0.1, 0.15) is 0 Å². The molecular formula is C24H32N. The van der Waals surface area contributed by atoms with Crippen LogP contribution in [0.3, 0.4) is 0 Å². The number of unbranched alkanes of at least 4 members (excludes halogenated alkanes) is 3. The Kier molecular flexibility index (Phi) is 7.11. The molecule has 1 fully saturated rings. The van der Waals surface area contributed by atoms with Crippen LogP contribution in [0.2, 0.25) is 0 Å². The summed E-state index contributed by atoms with van der Waals surface area (Å²) in [5, 5.41) is 0. The van der Waals surface area contributed by atoms with E-state index >= 15 is 0 Å². The average molecular weight is 335 g/mol. The Morgan fingerprint density at radius 1 is 0.800 bits per heavy atom. The van der Waals surface area contributed by atoms with Gasteiger partial charge < -0.3 is 0 Å². The zero-order valence-corrected chi connectivity index (χ0v) is 15.4. The maximum absolute atomic E-state index is 3.95. The molecule has 0 aliphatic carbocycles. The van der Waals surface area contributed by atoms with E-state index in [1.165, 1.54) is 62.7 Å². The van der Waals surface area contributed by atoms with Gasteiger partial charge in [-0.15, -0.1) is 0 Å². The van der Waals surface area contributed by atoms with Crippen LogP contribution in [-0.4, -0.2) is 18.0 Å². The monoisotopic (exact) mass is 334 g/mol. The molecule has 0 atom stereocenters. The van der Waals surface area contributed by atoms with E-state index in [1.54, 1.807) is 0 Å². The van der Waals surface area contributed by atoms with Gasteiger partial charge in [0.15, 0.2) is 0 Å². The first-order valence-electron chi connectivity index (χ1n) is 10.0. The molecule has 1 saturated heterocycles. The fourth-order valence-corrected chi connectivity index (χ4v) is 4.17. The Hall–Kier alpha value is -1.60. The molecule has 1 heteroatoms. The molecular weight excluding hydrogens is 302 g/mol. The number of rotatable bonds is 8. The third-order valence-electron chi connectivity index (χ3n) is 5.61. The van der Waals surface area contributed by atoms with Crippen LogP contribution in [0.25, 0.3) is 0 Å². The molecule has 1 aliphatic heterocycles. The van der Waals surface area contributed by atoms with Gasteiger partial charge in [0.2, 0.25) is 0 Å². The number of likely N-dealkylation sites (tertiary alicyclic amines) is 1. The van der Waals surface area contributed by atoms with Crippen molar-refractivity contribution in [2.45, 2.75) is 51.0 Å². The van der Waals surface area contributed by atoms with Gasteiger partial charge in [0.05, 0.1) is 6.04 Å². The van der Waals surface area contributed by atoms with Crippen molar-refractivity contribution in [1.82, 2.24) is 4.90 Å². The third-order valence-corrected chi connectivity index (χ3v) is 5.61. The second-order valence-corrected chi connectivity index (χ2v) is 7.41. The molecule has 2 aromatic carbocycles.